The number of likely N-dealkylation sites (N-methyl/N-ethyl adjacent to an activating group) is 1. The Bertz CT molecular complexity index is 986. The second-order valence-electron chi connectivity index (χ2n) is 8.24. The summed E-state index contributed by atoms with van der Waals surface area (Å²) in [6.45, 7) is 8.83. The van der Waals surface area contributed by atoms with E-state index in [4.69, 9.17) is 9.72 Å². The van der Waals surface area contributed by atoms with Crippen molar-refractivity contribution in [2.24, 2.45) is 0 Å². The van der Waals surface area contributed by atoms with Gasteiger partial charge in [0.15, 0.2) is 0 Å². The number of piperidine rings is 1. The molecule has 0 unspecified atom stereocenters. The van der Waals surface area contributed by atoms with Crippen LogP contribution in [0.25, 0.3) is 22.4 Å². The Morgan fingerprint density at radius 2 is 1.97 bits per heavy atom. The normalized spacial score (nSPS) is 15.9. The summed E-state index contributed by atoms with van der Waals surface area (Å²) in [4.78, 5) is 11.0. The van der Waals surface area contributed by atoms with Crippen LogP contribution in [-0.2, 0) is 0 Å². The lowest BCUT2D eigenvalue weighted by atomic mass is 9.88. The van der Waals surface area contributed by atoms with Crippen molar-refractivity contribution in [1.82, 2.24) is 20.2 Å². The predicted octanol–water partition coefficient (Wildman–Crippen LogP) is 4.25. The lowest BCUT2D eigenvalue weighted by Gasteiger charge is -2.32. The third-order valence-corrected chi connectivity index (χ3v) is 6.15. The molecule has 0 aliphatic carbocycles. The van der Waals surface area contributed by atoms with Crippen molar-refractivity contribution in [3.05, 3.63) is 47.0 Å². The Morgan fingerprint density at radius 3 is 2.69 bits per heavy atom. The zero-order valence-corrected chi connectivity index (χ0v) is 18.0. The van der Waals surface area contributed by atoms with Crippen LogP contribution in [0.1, 0.15) is 35.4 Å². The summed E-state index contributed by atoms with van der Waals surface area (Å²) in [6, 6.07) is 10.9. The molecule has 1 aliphatic rings. The smallest absolute Gasteiger partial charge is 0.142 e. The van der Waals surface area contributed by atoms with E-state index in [-0.39, 0.29) is 0 Å². The molecule has 2 heterocycles. The number of aromatic nitrogens is 2. The molecule has 4 rings (SSSR count). The third kappa shape index (κ3) is 4.16. The third-order valence-electron chi connectivity index (χ3n) is 6.15. The summed E-state index contributed by atoms with van der Waals surface area (Å²) >= 11 is 0. The van der Waals surface area contributed by atoms with Crippen molar-refractivity contribution in [1.29, 1.82) is 0 Å². The maximum Gasteiger partial charge on any atom is 0.142 e. The molecule has 1 aliphatic heterocycles. The molecule has 5 heteroatoms. The van der Waals surface area contributed by atoms with Gasteiger partial charge in [0, 0.05) is 13.1 Å². The highest BCUT2D eigenvalue weighted by atomic mass is 16.5. The van der Waals surface area contributed by atoms with E-state index < -0.39 is 0 Å². The van der Waals surface area contributed by atoms with Crippen LogP contribution in [0.2, 0.25) is 0 Å². The van der Waals surface area contributed by atoms with Gasteiger partial charge in [0.1, 0.15) is 11.6 Å². The number of benzene rings is 2. The van der Waals surface area contributed by atoms with Gasteiger partial charge in [-0.3, -0.25) is 0 Å². The first-order chi connectivity index (χ1) is 14.1. The quantitative estimate of drug-likeness (QED) is 0.658. The maximum atomic E-state index is 5.57. The summed E-state index contributed by atoms with van der Waals surface area (Å²) in [6.07, 6.45) is 2.45. The minimum Gasteiger partial charge on any atom is -0.496 e. The number of ether oxygens (including phenoxy) is 1. The monoisotopic (exact) mass is 392 g/mol. The first kappa shape index (κ1) is 19.9. The molecular weight excluding hydrogens is 360 g/mol. The number of aryl methyl sites for hydroxylation is 2. The Labute approximate surface area is 173 Å². The van der Waals surface area contributed by atoms with Crippen molar-refractivity contribution >= 4 is 11.0 Å². The number of hydrogen-bond donors (Lipinski definition) is 2. The fraction of sp³-hybridized carbons (Fsp3) is 0.458. The highest BCUT2D eigenvalue weighted by Gasteiger charge is 2.22. The Hall–Kier alpha value is -2.37. The predicted molar refractivity (Wildman–Crippen MR) is 120 cm³/mol. The molecule has 0 amide bonds. The SMILES string of the molecule is CNCCN1CCC(c2cc(C)c3nc(-c4cc(C)ccc4OC)[nH]c3c2)CC1. The van der Waals surface area contributed by atoms with Crippen LogP contribution >= 0.6 is 0 Å². The second-order valence-corrected chi connectivity index (χ2v) is 8.24. The van der Waals surface area contributed by atoms with Crippen LogP contribution < -0.4 is 10.1 Å². The van der Waals surface area contributed by atoms with Crippen LogP contribution in [-0.4, -0.2) is 55.2 Å². The number of H-pyrrole nitrogens is 1. The Balaban J connectivity index is 1.61. The molecule has 0 atom stereocenters. The Kier molecular flexibility index (Phi) is 5.88. The fourth-order valence-electron chi connectivity index (χ4n) is 4.45. The fourth-order valence-corrected chi connectivity index (χ4v) is 4.45. The van der Waals surface area contributed by atoms with Gasteiger partial charge in [-0.15, -0.1) is 0 Å². The molecular formula is C24H32N4O. The zero-order valence-electron chi connectivity index (χ0n) is 18.0. The molecule has 0 spiro atoms. The van der Waals surface area contributed by atoms with E-state index >= 15 is 0 Å². The van der Waals surface area contributed by atoms with Crippen LogP contribution in [0.5, 0.6) is 5.75 Å². The summed E-state index contributed by atoms with van der Waals surface area (Å²) in [5.74, 6) is 2.35. The van der Waals surface area contributed by atoms with Gasteiger partial charge >= 0.3 is 0 Å². The molecule has 2 aromatic carbocycles. The van der Waals surface area contributed by atoms with Gasteiger partial charge in [0.25, 0.3) is 0 Å². The van der Waals surface area contributed by atoms with E-state index in [0.29, 0.717) is 5.92 Å². The van der Waals surface area contributed by atoms with Crippen molar-refractivity contribution in [3.8, 4) is 17.1 Å². The molecule has 5 nitrogen and oxygen atoms in total. The standard InChI is InChI=1S/C24H32N4O/c1-16-5-6-22(29-4)20(13-16)24-26-21-15-19(14-17(2)23(21)27-24)18-7-10-28(11-8-18)12-9-25-3/h5-6,13-15,18,25H,7-12H2,1-4H3,(H,26,27). The van der Waals surface area contributed by atoms with Gasteiger partial charge in [-0.2, -0.15) is 0 Å². The number of hydrogen-bond acceptors (Lipinski definition) is 4. The molecule has 3 aromatic rings. The molecule has 0 saturated carbocycles. The van der Waals surface area contributed by atoms with Crippen LogP contribution in [0, 0.1) is 13.8 Å². The van der Waals surface area contributed by atoms with Crippen molar-refractivity contribution in [3.63, 3.8) is 0 Å². The first-order valence-corrected chi connectivity index (χ1v) is 10.6. The van der Waals surface area contributed by atoms with Crippen LogP contribution in [0.15, 0.2) is 30.3 Å². The number of nitrogens with zero attached hydrogens (tertiary/aromatic N) is 2. The van der Waals surface area contributed by atoms with Crippen molar-refractivity contribution in [2.45, 2.75) is 32.6 Å². The van der Waals surface area contributed by atoms with Gasteiger partial charge in [0.2, 0.25) is 0 Å². The lowest BCUT2D eigenvalue weighted by Crippen LogP contribution is -2.37. The number of rotatable bonds is 6. The van der Waals surface area contributed by atoms with Crippen molar-refractivity contribution < 1.29 is 4.74 Å². The van der Waals surface area contributed by atoms with Gasteiger partial charge in [-0.1, -0.05) is 17.7 Å². The van der Waals surface area contributed by atoms with Crippen molar-refractivity contribution in [2.75, 3.05) is 40.3 Å². The molecule has 29 heavy (non-hydrogen) atoms. The van der Waals surface area contributed by atoms with Gasteiger partial charge < -0.3 is 19.9 Å². The number of methoxy groups -OCH3 is 1. The molecule has 154 valence electrons. The second kappa shape index (κ2) is 8.56. The highest BCUT2D eigenvalue weighted by Crippen LogP contribution is 2.34. The Morgan fingerprint density at radius 1 is 1.17 bits per heavy atom. The number of fused-ring (bicyclic) bond motifs is 1. The largest absolute Gasteiger partial charge is 0.496 e. The van der Waals surface area contributed by atoms with Crippen LogP contribution in [0.3, 0.4) is 0 Å². The van der Waals surface area contributed by atoms with E-state index in [1.165, 1.54) is 42.6 Å². The molecule has 1 aromatic heterocycles. The average Bonchev–Trinajstić information content (AvgIpc) is 3.17. The number of imidazole rings is 1. The summed E-state index contributed by atoms with van der Waals surface area (Å²) in [5.41, 5.74) is 7.07. The molecule has 1 saturated heterocycles. The maximum absolute atomic E-state index is 5.57. The van der Waals surface area contributed by atoms with Crippen LogP contribution in [0.4, 0.5) is 0 Å². The van der Waals surface area contributed by atoms with E-state index in [9.17, 15) is 0 Å². The van der Waals surface area contributed by atoms with Gasteiger partial charge in [-0.05, 0) is 82.1 Å². The topological polar surface area (TPSA) is 53.2 Å². The first-order valence-electron chi connectivity index (χ1n) is 10.6. The van der Waals surface area contributed by atoms with Gasteiger partial charge in [-0.25, -0.2) is 4.98 Å². The minimum atomic E-state index is 0.629. The average molecular weight is 393 g/mol. The summed E-state index contributed by atoms with van der Waals surface area (Å²) in [5, 5.41) is 3.25. The highest BCUT2D eigenvalue weighted by molar-refractivity contribution is 5.84. The number of likely N-dealkylation sites (tertiary alicyclic amines) is 1. The van der Waals surface area contributed by atoms with E-state index in [2.05, 4.69) is 53.3 Å². The van der Waals surface area contributed by atoms with E-state index in [0.717, 1.165) is 41.3 Å². The van der Waals surface area contributed by atoms with E-state index in [1.807, 2.05) is 13.1 Å². The molecule has 1 fully saturated rings. The molecule has 0 bridgehead atoms. The summed E-state index contributed by atoms with van der Waals surface area (Å²) in [7, 11) is 3.73. The number of nitrogens with one attached hydrogen (secondary N) is 2. The minimum absolute atomic E-state index is 0.629. The zero-order chi connectivity index (χ0) is 20.4. The molecule has 0 radical (unpaired) electrons. The van der Waals surface area contributed by atoms with E-state index in [1.54, 1.807) is 7.11 Å². The number of aromatic amines is 1. The summed E-state index contributed by atoms with van der Waals surface area (Å²) < 4.78 is 5.57. The lowest BCUT2D eigenvalue weighted by molar-refractivity contribution is 0.214. The van der Waals surface area contributed by atoms with Gasteiger partial charge in [0.05, 0.1) is 23.7 Å². The molecule has 2 N–H and O–H groups in total.